The van der Waals surface area contributed by atoms with Gasteiger partial charge in [-0.1, -0.05) is 37.6 Å². The molecule has 1 unspecified atom stereocenters. The van der Waals surface area contributed by atoms with Crippen LogP contribution in [0.3, 0.4) is 0 Å². The number of halogens is 1. The number of aromatic nitrogens is 2. The van der Waals surface area contributed by atoms with E-state index in [0.717, 1.165) is 15.8 Å². The van der Waals surface area contributed by atoms with Crippen LogP contribution in [0.4, 0.5) is 5.82 Å². The number of nitrogen functional groups attached to an aromatic ring is 1. The molecule has 2 aromatic heterocycles. The molecule has 1 aliphatic rings. The van der Waals surface area contributed by atoms with Gasteiger partial charge in [0.15, 0.2) is 0 Å². The number of fused-ring (bicyclic) bond motifs is 1. The minimum atomic E-state index is -0.489. The van der Waals surface area contributed by atoms with Crippen molar-refractivity contribution in [3.05, 3.63) is 57.5 Å². The number of nitrogens with two attached hydrogens (primary N) is 1. The topological polar surface area (TPSA) is 92.4 Å². The van der Waals surface area contributed by atoms with Crippen LogP contribution in [-0.4, -0.2) is 50.7 Å². The van der Waals surface area contributed by atoms with Crippen LogP contribution in [0.5, 0.6) is 0 Å². The Morgan fingerprint density at radius 1 is 1.22 bits per heavy atom. The highest BCUT2D eigenvalue weighted by Crippen LogP contribution is 2.25. The van der Waals surface area contributed by atoms with Crippen molar-refractivity contribution < 1.29 is 9.59 Å². The monoisotopic (exact) mass is 469 g/mol. The number of benzene rings is 1. The normalized spacial score (nSPS) is 17.3. The molecule has 0 aliphatic carbocycles. The van der Waals surface area contributed by atoms with E-state index in [-0.39, 0.29) is 12.0 Å². The number of carbonyl (C=O) groups is 2. The van der Waals surface area contributed by atoms with Crippen LogP contribution in [0.2, 0.25) is 4.34 Å². The largest absolute Gasteiger partial charge is 0.383 e. The maximum absolute atomic E-state index is 13.0. The highest BCUT2D eigenvalue weighted by molar-refractivity contribution is 7.16. The van der Waals surface area contributed by atoms with Crippen molar-refractivity contribution in [1.82, 2.24) is 19.8 Å². The predicted molar refractivity (Wildman–Crippen MR) is 128 cm³/mol. The zero-order chi connectivity index (χ0) is 22.8. The summed E-state index contributed by atoms with van der Waals surface area (Å²) in [7, 11) is 0. The fourth-order valence-corrected chi connectivity index (χ4v) is 4.88. The van der Waals surface area contributed by atoms with Crippen molar-refractivity contribution in [1.29, 1.82) is 0 Å². The summed E-state index contributed by atoms with van der Waals surface area (Å²) in [6.07, 6.45) is 5.26. The smallest absolute Gasteiger partial charge is 0.312 e. The Morgan fingerprint density at radius 2 is 2.03 bits per heavy atom. The van der Waals surface area contributed by atoms with Crippen molar-refractivity contribution in [2.45, 2.75) is 26.4 Å². The molecular weight excluding hydrogens is 446 g/mol. The van der Waals surface area contributed by atoms with Crippen LogP contribution in [-0.2, 0) is 16.1 Å². The molecule has 1 saturated heterocycles. The maximum Gasteiger partial charge on any atom is 0.312 e. The van der Waals surface area contributed by atoms with Crippen LogP contribution in [0.15, 0.2) is 42.7 Å². The van der Waals surface area contributed by atoms with Crippen LogP contribution in [0, 0.1) is 5.92 Å². The van der Waals surface area contributed by atoms with Crippen molar-refractivity contribution in [3.8, 4) is 0 Å². The van der Waals surface area contributed by atoms with E-state index in [4.69, 9.17) is 17.3 Å². The number of anilines is 1. The van der Waals surface area contributed by atoms with E-state index >= 15 is 0 Å². The molecule has 32 heavy (non-hydrogen) atoms. The molecule has 0 spiro atoms. The second-order valence-electron chi connectivity index (χ2n) is 8.11. The third-order valence-electron chi connectivity index (χ3n) is 5.59. The average Bonchev–Trinajstić information content (AvgIpc) is 3.18. The average molecular weight is 470 g/mol. The summed E-state index contributed by atoms with van der Waals surface area (Å²) in [5, 5.41) is 0.766. The Bertz CT molecular complexity index is 1190. The van der Waals surface area contributed by atoms with Crippen molar-refractivity contribution >= 4 is 57.5 Å². The van der Waals surface area contributed by atoms with Gasteiger partial charge in [0.25, 0.3) is 0 Å². The number of carbonyl (C=O) groups excluding carboxylic acids is 2. The lowest BCUT2D eigenvalue weighted by Gasteiger charge is -2.42. The number of hydrogen-bond donors (Lipinski definition) is 1. The fraction of sp³-hybridized carbons (Fsp3) is 0.304. The van der Waals surface area contributed by atoms with Gasteiger partial charge in [-0.2, -0.15) is 0 Å². The Hall–Kier alpha value is -2.97. The molecule has 4 rings (SSSR count). The summed E-state index contributed by atoms with van der Waals surface area (Å²) in [6, 6.07) is 9.32. The van der Waals surface area contributed by atoms with Gasteiger partial charge in [0.05, 0.1) is 15.9 Å². The fourth-order valence-electron chi connectivity index (χ4n) is 3.88. The van der Waals surface area contributed by atoms with E-state index < -0.39 is 11.8 Å². The molecule has 1 atom stereocenters. The molecule has 1 aromatic carbocycles. The molecule has 3 heterocycles. The van der Waals surface area contributed by atoms with E-state index in [2.05, 4.69) is 23.8 Å². The second kappa shape index (κ2) is 9.26. The van der Waals surface area contributed by atoms with Gasteiger partial charge >= 0.3 is 11.8 Å². The van der Waals surface area contributed by atoms with Gasteiger partial charge in [-0.05, 0) is 41.8 Å². The lowest BCUT2D eigenvalue weighted by Crippen LogP contribution is -2.60. The molecule has 1 fully saturated rings. The van der Waals surface area contributed by atoms with E-state index in [1.54, 1.807) is 9.80 Å². The molecule has 1 aliphatic heterocycles. The van der Waals surface area contributed by atoms with Gasteiger partial charge in [0.2, 0.25) is 0 Å². The summed E-state index contributed by atoms with van der Waals surface area (Å²) in [5.41, 5.74) is 7.50. The minimum absolute atomic E-state index is 0.0739. The van der Waals surface area contributed by atoms with Gasteiger partial charge in [0.1, 0.15) is 12.1 Å². The minimum Gasteiger partial charge on any atom is -0.383 e. The molecular formula is C23H24ClN5O2S. The maximum atomic E-state index is 13.0. The standard InChI is InChI=1S/C23H24ClN5O2S/c1-14(2)19-12-28(11-15-5-7-17-18(10-15)26-13-27-21(17)25)22(30)23(31)29(19)9-3-4-16-6-8-20(24)32-16/h3-8,10,13-14,19H,9,11-12H2,1-2H3,(H2,25,26,27)/b4-3+. The van der Waals surface area contributed by atoms with Crippen LogP contribution in [0.25, 0.3) is 17.0 Å². The summed E-state index contributed by atoms with van der Waals surface area (Å²) < 4.78 is 0.715. The molecule has 7 nitrogen and oxygen atoms in total. The number of piperazine rings is 1. The van der Waals surface area contributed by atoms with Gasteiger partial charge < -0.3 is 15.5 Å². The number of rotatable bonds is 6. The van der Waals surface area contributed by atoms with Gasteiger partial charge in [-0.3, -0.25) is 9.59 Å². The van der Waals surface area contributed by atoms with E-state index in [1.165, 1.54) is 17.7 Å². The SMILES string of the molecule is CC(C)C1CN(Cc2ccc3c(N)ncnc3c2)C(=O)C(=O)N1C/C=C/c1ccc(Cl)s1. The first-order valence-corrected chi connectivity index (χ1v) is 11.5. The third-order valence-corrected chi connectivity index (χ3v) is 6.79. The number of hydrogen-bond acceptors (Lipinski definition) is 6. The molecule has 3 aromatic rings. The molecule has 2 N–H and O–H groups in total. The van der Waals surface area contributed by atoms with E-state index in [9.17, 15) is 9.59 Å². The first kappa shape index (κ1) is 22.2. The summed E-state index contributed by atoms with van der Waals surface area (Å²) >= 11 is 7.44. The van der Waals surface area contributed by atoms with Crippen molar-refractivity contribution in [2.75, 3.05) is 18.8 Å². The highest BCUT2D eigenvalue weighted by atomic mass is 35.5. The lowest BCUT2D eigenvalue weighted by atomic mass is 9.98. The number of nitrogens with zero attached hydrogens (tertiary/aromatic N) is 4. The highest BCUT2D eigenvalue weighted by Gasteiger charge is 2.39. The predicted octanol–water partition coefficient (Wildman–Crippen LogP) is 3.84. The third kappa shape index (κ3) is 4.61. The summed E-state index contributed by atoms with van der Waals surface area (Å²) in [5.74, 6) is -0.352. The number of thiophene rings is 1. The molecule has 2 amide bonds. The molecule has 0 bridgehead atoms. The second-order valence-corrected chi connectivity index (χ2v) is 9.86. The van der Waals surface area contributed by atoms with E-state index in [0.29, 0.717) is 35.3 Å². The van der Waals surface area contributed by atoms with Crippen molar-refractivity contribution in [2.24, 2.45) is 5.92 Å². The first-order valence-electron chi connectivity index (χ1n) is 10.3. The lowest BCUT2D eigenvalue weighted by molar-refractivity contribution is -0.160. The summed E-state index contributed by atoms with van der Waals surface area (Å²) in [4.78, 5) is 38.5. The molecule has 9 heteroatoms. The molecule has 0 saturated carbocycles. The Labute approximate surface area is 195 Å². The molecule has 0 radical (unpaired) electrons. The zero-order valence-electron chi connectivity index (χ0n) is 17.9. The quantitative estimate of drug-likeness (QED) is 0.554. The zero-order valence-corrected chi connectivity index (χ0v) is 19.4. The van der Waals surface area contributed by atoms with Crippen molar-refractivity contribution in [3.63, 3.8) is 0 Å². The molecule has 166 valence electrons. The van der Waals surface area contributed by atoms with Crippen LogP contribution >= 0.6 is 22.9 Å². The van der Waals surface area contributed by atoms with Crippen LogP contribution in [0.1, 0.15) is 24.3 Å². The van der Waals surface area contributed by atoms with E-state index in [1.807, 2.05) is 42.5 Å². The number of amides is 2. The summed E-state index contributed by atoms with van der Waals surface area (Å²) in [6.45, 7) is 5.33. The Balaban J connectivity index is 1.50. The van der Waals surface area contributed by atoms with Crippen LogP contribution < -0.4 is 5.73 Å². The van der Waals surface area contributed by atoms with Gasteiger partial charge in [-0.25, -0.2) is 9.97 Å². The van der Waals surface area contributed by atoms with Gasteiger partial charge in [-0.15, -0.1) is 11.3 Å². The van der Waals surface area contributed by atoms with Gasteiger partial charge in [0, 0.05) is 29.9 Å². The Kier molecular flexibility index (Phi) is 6.43. The Morgan fingerprint density at radius 3 is 2.75 bits per heavy atom. The first-order chi connectivity index (χ1) is 15.3.